The quantitative estimate of drug-likeness (QED) is 0.0946. The van der Waals surface area contributed by atoms with Crippen molar-refractivity contribution in [1.29, 1.82) is 0 Å². The minimum Gasteiger partial charge on any atom is -0.344 e. The number of aryl methyl sites for hydroxylation is 2. The van der Waals surface area contributed by atoms with Gasteiger partial charge in [-0.1, -0.05) is 106 Å². The summed E-state index contributed by atoms with van der Waals surface area (Å²) in [6, 6.07) is 28.5. The second kappa shape index (κ2) is 17.3. The molecule has 5 aromatic rings. The van der Waals surface area contributed by atoms with E-state index in [0.29, 0.717) is 17.8 Å². The van der Waals surface area contributed by atoms with Crippen LogP contribution in [0.4, 0.5) is 11.4 Å². The topological polar surface area (TPSA) is 115 Å². The molecule has 65 heavy (non-hydrogen) atoms. The smallest absolute Gasteiger partial charge is 0.294 e. The second-order valence-corrected chi connectivity index (χ2v) is 23.2. The SMILES string of the molecule is Cc1cc(C)cc(C2=C(/C=C/C3=[N+](CCC(C)C)c4ccc5ccccc5c4C3(C)C)CCC/C2=C\C=C2\N(CCC(C)S(=O)(=O)O)c3ccc4cc(S(=O)(=O)O)ccc4c3C2(C)C)c1. The predicted octanol–water partition coefficient (Wildman–Crippen LogP) is 12.7. The molecule has 0 bridgehead atoms. The van der Waals surface area contributed by atoms with Crippen LogP contribution in [0.3, 0.4) is 0 Å². The highest BCUT2D eigenvalue weighted by Crippen LogP contribution is 2.52. The van der Waals surface area contributed by atoms with Crippen LogP contribution in [0.15, 0.2) is 131 Å². The molecule has 0 radical (unpaired) electrons. The Labute approximate surface area is 386 Å². The molecule has 3 aliphatic rings. The van der Waals surface area contributed by atoms with Crippen molar-refractivity contribution >= 4 is 64.4 Å². The third-order valence-corrected chi connectivity index (χ3v) is 16.1. The van der Waals surface area contributed by atoms with Crippen molar-refractivity contribution < 1.29 is 30.5 Å². The van der Waals surface area contributed by atoms with Crippen LogP contribution in [0, 0.1) is 19.8 Å². The molecule has 2 heterocycles. The molecule has 0 fully saturated rings. The zero-order chi connectivity index (χ0) is 46.8. The van der Waals surface area contributed by atoms with Gasteiger partial charge in [0.05, 0.1) is 15.6 Å². The number of rotatable bonds is 12. The molecule has 1 atom stereocenters. The van der Waals surface area contributed by atoms with Gasteiger partial charge in [-0.2, -0.15) is 21.4 Å². The van der Waals surface area contributed by atoms with Gasteiger partial charge in [0, 0.05) is 47.5 Å². The van der Waals surface area contributed by atoms with Crippen LogP contribution in [0.5, 0.6) is 0 Å². The molecule has 5 aromatic carbocycles. The van der Waals surface area contributed by atoms with E-state index in [0.717, 1.165) is 54.6 Å². The average molecular weight is 912 g/mol. The van der Waals surface area contributed by atoms with Gasteiger partial charge < -0.3 is 4.90 Å². The third kappa shape index (κ3) is 8.83. The van der Waals surface area contributed by atoms with Gasteiger partial charge in [0.25, 0.3) is 20.2 Å². The summed E-state index contributed by atoms with van der Waals surface area (Å²) in [5.41, 5.74) is 13.3. The van der Waals surface area contributed by atoms with Gasteiger partial charge in [0.2, 0.25) is 5.69 Å². The van der Waals surface area contributed by atoms with E-state index in [4.69, 9.17) is 0 Å². The van der Waals surface area contributed by atoms with Crippen molar-refractivity contribution in [2.45, 2.75) is 115 Å². The van der Waals surface area contributed by atoms with Crippen molar-refractivity contribution in [1.82, 2.24) is 0 Å². The Kier molecular flexibility index (Phi) is 12.3. The van der Waals surface area contributed by atoms with Crippen molar-refractivity contribution in [3.8, 4) is 0 Å². The molecule has 10 heteroatoms. The largest absolute Gasteiger partial charge is 0.344 e. The molecule has 2 aliphatic heterocycles. The Morgan fingerprint density at radius 2 is 1.43 bits per heavy atom. The van der Waals surface area contributed by atoms with Gasteiger partial charge in [0.15, 0.2) is 5.71 Å². The number of anilines is 1. The van der Waals surface area contributed by atoms with Gasteiger partial charge in [-0.3, -0.25) is 9.11 Å². The van der Waals surface area contributed by atoms with Gasteiger partial charge in [-0.15, -0.1) is 0 Å². The van der Waals surface area contributed by atoms with Gasteiger partial charge in [0.1, 0.15) is 6.54 Å². The highest BCUT2D eigenvalue weighted by atomic mass is 32.2. The molecule has 1 unspecified atom stereocenters. The maximum atomic E-state index is 12.2. The van der Waals surface area contributed by atoms with Crippen LogP contribution in [-0.2, 0) is 31.1 Å². The van der Waals surface area contributed by atoms with Crippen LogP contribution >= 0.6 is 0 Å². The first-order valence-corrected chi connectivity index (χ1v) is 25.9. The Morgan fingerprint density at radius 1 is 0.738 bits per heavy atom. The summed E-state index contributed by atoms with van der Waals surface area (Å²) >= 11 is 0. The second-order valence-electron chi connectivity index (χ2n) is 19.9. The van der Waals surface area contributed by atoms with Crippen molar-refractivity contribution in [2.24, 2.45) is 5.92 Å². The van der Waals surface area contributed by atoms with Crippen LogP contribution in [0.1, 0.15) is 108 Å². The van der Waals surface area contributed by atoms with Crippen molar-refractivity contribution in [3.63, 3.8) is 0 Å². The van der Waals surface area contributed by atoms with E-state index in [-0.39, 0.29) is 16.7 Å². The lowest BCUT2D eigenvalue weighted by Gasteiger charge is -2.28. The molecule has 0 amide bonds. The van der Waals surface area contributed by atoms with E-state index in [1.54, 1.807) is 6.07 Å². The van der Waals surface area contributed by atoms with Crippen LogP contribution in [-0.4, -0.2) is 54.6 Å². The fourth-order valence-corrected chi connectivity index (χ4v) is 11.6. The standard InChI is InChI=1S/C55H62N2O6S2/c1-35(2)27-29-56-47-23-17-39-13-10-11-16-45(39)52(47)54(6,7)49(56)25-19-40-14-12-15-41(51(40)43-32-36(3)31-37(4)33-43)20-26-50-55(8,9)53-46-22-21-44(65(61,62)63)34-42(46)18-24-48(53)57(50)30-28-38(5)64(58,59)60/h10-11,13,16-26,31-35,38H,12,14-15,27-30H2,1-9H3,(H-,58,59,60,61,62,63)/p+1. The van der Waals surface area contributed by atoms with E-state index in [9.17, 15) is 25.9 Å². The Bertz CT molecular complexity index is 3130. The number of hydrogen-bond donors (Lipinski definition) is 2. The summed E-state index contributed by atoms with van der Waals surface area (Å²) in [5, 5.41) is 3.09. The van der Waals surface area contributed by atoms with E-state index in [1.165, 1.54) is 80.2 Å². The highest BCUT2D eigenvalue weighted by Gasteiger charge is 2.46. The number of allylic oxidation sites excluding steroid dienone is 8. The monoisotopic (exact) mass is 911 g/mol. The third-order valence-electron chi connectivity index (χ3n) is 14.0. The lowest BCUT2D eigenvalue weighted by molar-refractivity contribution is -0.439. The lowest BCUT2D eigenvalue weighted by Crippen LogP contribution is -2.30. The average Bonchev–Trinajstić information content (AvgIpc) is 3.59. The van der Waals surface area contributed by atoms with Crippen molar-refractivity contribution in [2.75, 3.05) is 18.0 Å². The maximum absolute atomic E-state index is 12.2. The van der Waals surface area contributed by atoms with Gasteiger partial charge in [-0.05, 0) is 146 Å². The Morgan fingerprint density at radius 3 is 2.12 bits per heavy atom. The first-order valence-electron chi connectivity index (χ1n) is 22.9. The summed E-state index contributed by atoms with van der Waals surface area (Å²) in [7, 11) is -8.68. The molecule has 1 aliphatic carbocycles. The zero-order valence-electron chi connectivity index (χ0n) is 39.2. The fourth-order valence-electron chi connectivity index (χ4n) is 10.7. The first-order chi connectivity index (χ1) is 30.6. The van der Waals surface area contributed by atoms with Crippen LogP contribution < -0.4 is 4.90 Å². The number of hydrogen-bond acceptors (Lipinski definition) is 5. The zero-order valence-corrected chi connectivity index (χ0v) is 40.9. The minimum absolute atomic E-state index is 0.177. The van der Waals surface area contributed by atoms with Crippen molar-refractivity contribution in [3.05, 3.63) is 154 Å². The number of nitrogens with zero attached hydrogens (tertiary/aromatic N) is 2. The fraction of sp³-hybridized carbons (Fsp3) is 0.364. The number of fused-ring (bicyclic) bond motifs is 6. The van der Waals surface area contributed by atoms with Crippen LogP contribution in [0.2, 0.25) is 0 Å². The normalized spacial score (nSPS) is 19.2. The highest BCUT2D eigenvalue weighted by molar-refractivity contribution is 7.86. The molecular formula is C55H63N2O6S2+. The molecule has 2 N–H and O–H groups in total. The summed E-state index contributed by atoms with van der Waals surface area (Å²) < 4.78 is 71.2. The molecular weight excluding hydrogens is 849 g/mol. The minimum atomic E-state index is -4.42. The van der Waals surface area contributed by atoms with Crippen LogP contribution in [0.25, 0.3) is 27.1 Å². The van der Waals surface area contributed by atoms with E-state index < -0.39 is 30.9 Å². The molecule has 0 saturated heterocycles. The number of benzene rings is 5. The Hall–Kier alpha value is -5.13. The maximum Gasteiger partial charge on any atom is 0.294 e. The lowest BCUT2D eigenvalue weighted by atomic mass is 9.78. The van der Waals surface area contributed by atoms with Gasteiger partial charge in [-0.25, -0.2) is 0 Å². The molecule has 340 valence electrons. The Balaban J connectivity index is 1.29. The van der Waals surface area contributed by atoms with E-state index >= 15 is 0 Å². The molecule has 0 aromatic heterocycles. The summed E-state index contributed by atoms with van der Waals surface area (Å²) in [6.07, 6.45) is 13.3. The van der Waals surface area contributed by atoms with E-state index in [1.807, 2.05) is 12.1 Å². The summed E-state index contributed by atoms with van der Waals surface area (Å²) in [6.45, 7) is 20.7. The predicted molar refractivity (Wildman–Crippen MR) is 268 cm³/mol. The van der Waals surface area contributed by atoms with Gasteiger partial charge >= 0.3 is 0 Å². The molecule has 0 saturated carbocycles. The summed E-state index contributed by atoms with van der Waals surface area (Å²) in [5.74, 6) is 0.559. The molecule has 0 spiro atoms. The van der Waals surface area contributed by atoms with E-state index in [2.05, 4.69) is 144 Å². The first kappa shape index (κ1) is 46.4. The molecule has 8 nitrogen and oxygen atoms in total. The summed E-state index contributed by atoms with van der Waals surface area (Å²) in [4.78, 5) is 1.98. The molecule has 8 rings (SSSR count).